The Bertz CT molecular complexity index is 685. The summed E-state index contributed by atoms with van der Waals surface area (Å²) in [7, 11) is 1.69. The molecule has 1 aromatic carbocycles. The first-order chi connectivity index (χ1) is 9.58. The van der Waals surface area contributed by atoms with Gasteiger partial charge < -0.3 is 4.90 Å². The summed E-state index contributed by atoms with van der Waals surface area (Å²) in [5.41, 5.74) is 2.19. The number of hydrogen-bond acceptors (Lipinski definition) is 3. The molecule has 5 nitrogen and oxygen atoms in total. The van der Waals surface area contributed by atoms with Crippen molar-refractivity contribution in [1.29, 1.82) is 0 Å². The van der Waals surface area contributed by atoms with Gasteiger partial charge in [-0.1, -0.05) is 11.6 Å². The Kier molecular flexibility index (Phi) is 3.52. The lowest BCUT2D eigenvalue weighted by Crippen LogP contribution is -2.36. The van der Waals surface area contributed by atoms with E-state index in [1.54, 1.807) is 11.9 Å². The average Bonchev–Trinajstić information content (AvgIpc) is 2.88. The van der Waals surface area contributed by atoms with Crippen LogP contribution in [0.1, 0.15) is 22.5 Å². The Morgan fingerprint density at radius 3 is 2.95 bits per heavy atom. The number of rotatable bonds is 1. The molecule has 0 radical (unpaired) electrons. The van der Waals surface area contributed by atoms with E-state index in [4.69, 9.17) is 11.6 Å². The molecule has 1 amide bonds. The number of benzene rings is 1. The van der Waals surface area contributed by atoms with Gasteiger partial charge in [0.15, 0.2) is 5.69 Å². The van der Waals surface area contributed by atoms with Crippen molar-refractivity contribution in [3.63, 3.8) is 0 Å². The number of halogens is 2. The maximum Gasteiger partial charge on any atom is 0.280 e. The van der Waals surface area contributed by atoms with Gasteiger partial charge in [-0.3, -0.25) is 4.79 Å². The van der Waals surface area contributed by atoms with E-state index in [9.17, 15) is 4.79 Å². The summed E-state index contributed by atoms with van der Waals surface area (Å²) in [5, 5.41) is 8.72. The molecule has 1 aliphatic heterocycles. The summed E-state index contributed by atoms with van der Waals surface area (Å²) in [5.74, 6) is -0.151. The molecule has 0 saturated carbocycles. The van der Waals surface area contributed by atoms with Crippen molar-refractivity contribution in [3.05, 3.63) is 39.1 Å². The second kappa shape index (κ2) is 5.18. The van der Waals surface area contributed by atoms with Crippen molar-refractivity contribution in [2.45, 2.75) is 12.8 Å². The van der Waals surface area contributed by atoms with E-state index in [0.29, 0.717) is 17.3 Å². The highest BCUT2D eigenvalue weighted by atomic mass is 79.9. The Hall–Kier alpha value is -1.40. The number of fused-ring (bicyclic) bond motifs is 1. The predicted octanol–water partition coefficient (Wildman–Crippen LogP) is 2.82. The largest absolute Gasteiger partial charge is 0.305 e. The molecule has 0 fully saturated rings. The Morgan fingerprint density at radius 2 is 2.25 bits per heavy atom. The minimum absolute atomic E-state index is 0.151. The van der Waals surface area contributed by atoms with Gasteiger partial charge in [0.2, 0.25) is 0 Å². The normalized spacial score (nSPS) is 14.2. The molecule has 0 spiro atoms. The van der Waals surface area contributed by atoms with Crippen LogP contribution < -0.4 is 4.90 Å². The molecule has 20 heavy (non-hydrogen) atoms. The average molecular weight is 356 g/mol. The third kappa shape index (κ3) is 2.23. The number of aryl methyl sites for hydroxylation is 1. The monoisotopic (exact) mass is 354 g/mol. The summed E-state index contributed by atoms with van der Waals surface area (Å²) >= 11 is 9.75. The van der Waals surface area contributed by atoms with E-state index in [-0.39, 0.29) is 5.91 Å². The molecule has 0 saturated heterocycles. The summed E-state index contributed by atoms with van der Waals surface area (Å²) in [6, 6.07) is 3.71. The van der Waals surface area contributed by atoms with E-state index in [2.05, 4.69) is 26.1 Å². The zero-order chi connectivity index (χ0) is 14.3. The standard InChI is InChI=1S/C13H12BrClN4O/c1-18-16-7-11(17-18)13(20)19-6-2-3-8-10(15)5-4-9(14)12(8)19/h4-5,7H,2-3,6H2,1H3. The zero-order valence-corrected chi connectivity index (χ0v) is 13.1. The summed E-state index contributed by atoms with van der Waals surface area (Å²) in [6.07, 6.45) is 3.24. The molecule has 2 aromatic rings. The SMILES string of the molecule is Cn1ncc(C(=O)N2CCCc3c(Cl)ccc(Br)c32)n1. The van der Waals surface area contributed by atoms with Gasteiger partial charge in [0, 0.05) is 23.1 Å². The van der Waals surface area contributed by atoms with Gasteiger partial charge in [0.25, 0.3) is 5.91 Å². The Labute approximate surface area is 129 Å². The van der Waals surface area contributed by atoms with Gasteiger partial charge >= 0.3 is 0 Å². The lowest BCUT2D eigenvalue weighted by molar-refractivity contribution is 0.0979. The maximum absolute atomic E-state index is 12.6. The molecule has 0 N–H and O–H groups in total. The Balaban J connectivity index is 2.06. The highest BCUT2D eigenvalue weighted by Crippen LogP contribution is 2.39. The number of aromatic nitrogens is 3. The van der Waals surface area contributed by atoms with Gasteiger partial charge in [-0.25, -0.2) is 0 Å². The maximum atomic E-state index is 12.6. The Morgan fingerprint density at radius 1 is 1.45 bits per heavy atom. The van der Waals surface area contributed by atoms with Crippen molar-refractivity contribution in [2.75, 3.05) is 11.4 Å². The molecule has 0 bridgehead atoms. The van der Waals surface area contributed by atoms with Crippen molar-refractivity contribution >= 4 is 39.1 Å². The van der Waals surface area contributed by atoms with Gasteiger partial charge in [-0.15, -0.1) is 5.10 Å². The number of hydrogen-bond donors (Lipinski definition) is 0. The second-order valence-corrected chi connectivity index (χ2v) is 5.90. The highest BCUT2D eigenvalue weighted by Gasteiger charge is 2.28. The number of nitrogens with zero attached hydrogens (tertiary/aromatic N) is 4. The van der Waals surface area contributed by atoms with Gasteiger partial charge in [0.05, 0.1) is 11.9 Å². The zero-order valence-electron chi connectivity index (χ0n) is 10.8. The lowest BCUT2D eigenvalue weighted by Gasteiger charge is -2.30. The van der Waals surface area contributed by atoms with Crippen LogP contribution in [-0.4, -0.2) is 27.4 Å². The predicted molar refractivity (Wildman–Crippen MR) is 80.2 cm³/mol. The first-order valence-corrected chi connectivity index (χ1v) is 7.40. The minimum Gasteiger partial charge on any atom is -0.305 e. The smallest absolute Gasteiger partial charge is 0.280 e. The molecule has 7 heteroatoms. The van der Waals surface area contributed by atoms with Crippen LogP contribution >= 0.6 is 27.5 Å². The van der Waals surface area contributed by atoms with E-state index in [1.165, 1.54) is 11.0 Å². The molecule has 3 rings (SSSR count). The number of carbonyl (C=O) groups is 1. The third-order valence-electron chi connectivity index (χ3n) is 3.32. The topological polar surface area (TPSA) is 51.0 Å². The number of amides is 1. The second-order valence-electron chi connectivity index (χ2n) is 4.64. The molecule has 2 heterocycles. The van der Waals surface area contributed by atoms with Crippen LogP contribution in [0.15, 0.2) is 22.8 Å². The van der Waals surface area contributed by atoms with Gasteiger partial charge in [0.1, 0.15) is 0 Å². The summed E-state index contributed by atoms with van der Waals surface area (Å²) in [6.45, 7) is 0.654. The lowest BCUT2D eigenvalue weighted by atomic mass is 10.0. The van der Waals surface area contributed by atoms with Crippen LogP contribution in [-0.2, 0) is 13.5 Å². The van der Waals surface area contributed by atoms with Crippen LogP contribution in [0, 0.1) is 0 Å². The highest BCUT2D eigenvalue weighted by molar-refractivity contribution is 9.10. The molecular formula is C13H12BrClN4O. The van der Waals surface area contributed by atoms with Crippen molar-refractivity contribution < 1.29 is 4.79 Å². The van der Waals surface area contributed by atoms with Crippen LogP contribution in [0.4, 0.5) is 5.69 Å². The van der Waals surface area contributed by atoms with Gasteiger partial charge in [-0.05, 0) is 46.5 Å². The van der Waals surface area contributed by atoms with Crippen molar-refractivity contribution in [1.82, 2.24) is 15.0 Å². The first kappa shape index (κ1) is 13.6. The number of anilines is 1. The fourth-order valence-electron chi connectivity index (χ4n) is 2.42. The number of carbonyl (C=O) groups excluding carboxylic acids is 1. The van der Waals surface area contributed by atoms with E-state index < -0.39 is 0 Å². The molecule has 0 unspecified atom stereocenters. The van der Waals surface area contributed by atoms with E-state index >= 15 is 0 Å². The summed E-state index contributed by atoms with van der Waals surface area (Å²) < 4.78 is 0.869. The van der Waals surface area contributed by atoms with Crippen LogP contribution in [0.2, 0.25) is 5.02 Å². The fourth-order valence-corrected chi connectivity index (χ4v) is 3.26. The van der Waals surface area contributed by atoms with Crippen LogP contribution in [0.25, 0.3) is 0 Å². The fraction of sp³-hybridized carbons (Fsp3) is 0.308. The van der Waals surface area contributed by atoms with Crippen LogP contribution in [0.3, 0.4) is 0 Å². The van der Waals surface area contributed by atoms with E-state index in [0.717, 1.165) is 28.6 Å². The van der Waals surface area contributed by atoms with Gasteiger partial charge in [-0.2, -0.15) is 9.90 Å². The van der Waals surface area contributed by atoms with Crippen molar-refractivity contribution in [3.8, 4) is 0 Å². The third-order valence-corrected chi connectivity index (χ3v) is 4.31. The molecule has 1 aliphatic rings. The molecule has 1 aromatic heterocycles. The van der Waals surface area contributed by atoms with Crippen molar-refractivity contribution in [2.24, 2.45) is 7.05 Å². The molecular weight excluding hydrogens is 344 g/mol. The first-order valence-electron chi connectivity index (χ1n) is 6.23. The van der Waals surface area contributed by atoms with E-state index in [1.807, 2.05) is 12.1 Å². The van der Waals surface area contributed by atoms with Crippen LogP contribution in [0.5, 0.6) is 0 Å². The molecule has 104 valence electrons. The molecule has 0 atom stereocenters. The minimum atomic E-state index is -0.151. The quantitative estimate of drug-likeness (QED) is 0.790. The molecule has 0 aliphatic carbocycles. The summed E-state index contributed by atoms with van der Waals surface area (Å²) in [4.78, 5) is 15.7.